The Morgan fingerprint density at radius 3 is 2.48 bits per heavy atom. The summed E-state index contributed by atoms with van der Waals surface area (Å²) in [5.74, 6) is -1.06. The molecule has 1 heterocycles. The summed E-state index contributed by atoms with van der Waals surface area (Å²) < 4.78 is 5.65. The van der Waals surface area contributed by atoms with Crippen molar-refractivity contribution in [2.75, 3.05) is 5.32 Å². The van der Waals surface area contributed by atoms with Crippen molar-refractivity contribution in [3.63, 3.8) is 0 Å². The predicted octanol–water partition coefficient (Wildman–Crippen LogP) is 3.82. The number of nitrogens with zero attached hydrogens (tertiary/aromatic N) is 1. The molecular formula is C22H14ClN2O4-. The Kier molecular flexibility index (Phi) is 5.82. The van der Waals surface area contributed by atoms with E-state index in [2.05, 4.69) is 5.32 Å². The average molecular weight is 406 g/mol. The number of aromatic carboxylic acids is 1. The van der Waals surface area contributed by atoms with E-state index in [4.69, 9.17) is 16.0 Å². The van der Waals surface area contributed by atoms with Crippen LogP contribution in [0.25, 0.3) is 17.4 Å². The van der Waals surface area contributed by atoms with Crippen LogP contribution in [0.2, 0.25) is 5.02 Å². The number of halogens is 1. The Hall–Kier alpha value is -3.82. The second-order valence-corrected chi connectivity index (χ2v) is 6.59. The number of carbonyl (C=O) groups is 2. The van der Waals surface area contributed by atoms with Gasteiger partial charge in [0.2, 0.25) is 0 Å². The fraction of sp³-hybridized carbons (Fsp3) is 0.0455. The first-order valence-corrected chi connectivity index (χ1v) is 8.86. The lowest BCUT2D eigenvalue weighted by atomic mass is 10.1. The Bertz CT molecular complexity index is 1150. The third-order valence-electron chi connectivity index (χ3n) is 4.12. The van der Waals surface area contributed by atoms with Crippen molar-refractivity contribution in [3.8, 4) is 17.4 Å². The van der Waals surface area contributed by atoms with Crippen molar-refractivity contribution < 1.29 is 19.1 Å². The molecule has 1 aromatic heterocycles. The van der Waals surface area contributed by atoms with Crippen LogP contribution < -0.4 is 10.4 Å². The third-order valence-corrected chi connectivity index (χ3v) is 4.36. The van der Waals surface area contributed by atoms with Crippen LogP contribution in [0.15, 0.2) is 64.6 Å². The number of nitrogens with one attached hydrogen (secondary N) is 1. The lowest BCUT2D eigenvalue weighted by Crippen LogP contribution is -2.21. The van der Waals surface area contributed by atoms with Crippen LogP contribution >= 0.6 is 11.6 Å². The normalized spacial score (nSPS) is 11.0. The van der Waals surface area contributed by atoms with Gasteiger partial charge in [-0.3, -0.25) is 4.79 Å². The van der Waals surface area contributed by atoms with Crippen LogP contribution in [0.3, 0.4) is 0 Å². The van der Waals surface area contributed by atoms with Crippen molar-refractivity contribution >= 4 is 35.2 Å². The van der Waals surface area contributed by atoms with Crippen molar-refractivity contribution in [2.24, 2.45) is 0 Å². The molecule has 0 aliphatic carbocycles. The molecule has 0 aliphatic rings. The molecule has 1 amide bonds. The molecule has 3 rings (SSSR count). The highest BCUT2D eigenvalue weighted by atomic mass is 35.5. The number of benzene rings is 2. The van der Waals surface area contributed by atoms with Gasteiger partial charge in [0.15, 0.2) is 0 Å². The zero-order valence-electron chi connectivity index (χ0n) is 15.2. The van der Waals surface area contributed by atoms with Gasteiger partial charge in [-0.2, -0.15) is 5.26 Å². The number of rotatable bonds is 5. The molecule has 6 nitrogen and oxygen atoms in total. The largest absolute Gasteiger partial charge is 0.545 e. The van der Waals surface area contributed by atoms with Gasteiger partial charge in [-0.15, -0.1) is 0 Å². The first kappa shape index (κ1) is 19.9. The zero-order valence-corrected chi connectivity index (χ0v) is 16.0. The molecule has 29 heavy (non-hydrogen) atoms. The monoisotopic (exact) mass is 405 g/mol. The average Bonchev–Trinajstić information content (AvgIpc) is 3.17. The van der Waals surface area contributed by atoms with Crippen molar-refractivity contribution in [1.82, 2.24) is 0 Å². The Labute approximate surface area is 171 Å². The molecule has 0 spiro atoms. The van der Waals surface area contributed by atoms with E-state index in [1.54, 1.807) is 49.4 Å². The fourth-order valence-corrected chi connectivity index (χ4v) is 2.83. The van der Waals surface area contributed by atoms with E-state index in [0.29, 0.717) is 27.8 Å². The standard InChI is InChI=1S/C22H15ClN2O4/c1-13-10-17(23)6-8-19(13)25-21(26)16(12-24)11-18-7-9-20(29-18)14-2-4-15(5-3-14)22(27)28/h2-11H,1H3,(H,25,26)(H,27,28)/p-1/b16-11-. The fourth-order valence-electron chi connectivity index (χ4n) is 2.60. The topological polar surface area (TPSA) is 106 Å². The molecule has 7 heteroatoms. The minimum absolute atomic E-state index is 0.0568. The molecule has 0 fully saturated rings. The number of carboxylic acids is 1. The Morgan fingerprint density at radius 1 is 1.14 bits per heavy atom. The van der Waals surface area contributed by atoms with Gasteiger partial charge in [0, 0.05) is 22.3 Å². The van der Waals surface area contributed by atoms with Crippen LogP contribution in [0.4, 0.5) is 5.69 Å². The molecule has 0 saturated heterocycles. The first-order chi connectivity index (χ1) is 13.9. The molecule has 3 aromatic rings. The second kappa shape index (κ2) is 8.46. The highest BCUT2D eigenvalue weighted by Gasteiger charge is 2.13. The molecule has 2 aromatic carbocycles. The lowest BCUT2D eigenvalue weighted by molar-refractivity contribution is -0.255. The quantitative estimate of drug-likeness (QED) is 0.513. The van der Waals surface area contributed by atoms with Crippen LogP contribution in [0.1, 0.15) is 21.7 Å². The van der Waals surface area contributed by atoms with E-state index in [-0.39, 0.29) is 11.1 Å². The summed E-state index contributed by atoms with van der Waals surface area (Å²) in [6, 6.07) is 16.1. The van der Waals surface area contributed by atoms with E-state index in [9.17, 15) is 20.0 Å². The number of carboxylic acid groups (broad SMARTS) is 1. The van der Waals surface area contributed by atoms with Gasteiger partial charge in [-0.05, 0) is 48.4 Å². The molecule has 0 bridgehead atoms. The van der Waals surface area contributed by atoms with E-state index in [1.165, 1.54) is 18.2 Å². The zero-order chi connectivity index (χ0) is 21.0. The lowest BCUT2D eigenvalue weighted by Gasteiger charge is -2.07. The highest BCUT2D eigenvalue weighted by molar-refractivity contribution is 6.30. The van der Waals surface area contributed by atoms with Gasteiger partial charge in [-0.25, -0.2) is 0 Å². The summed E-state index contributed by atoms with van der Waals surface area (Å²) in [6.45, 7) is 1.79. The van der Waals surface area contributed by atoms with E-state index < -0.39 is 11.9 Å². The smallest absolute Gasteiger partial charge is 0.266 e. The maximum atomic E-state index is 12.4. The Balaban J connectivity index is 1.80. The van der Waals surface area contributed by atoms with Crippen LogP contribution in [0.5, 0.6) is 0 Å². The minimum Gasteiger partial charge on any atom is -0.545 e. The van der Waals surface area contributed by atoms with Crippen LogP contribution in [-0.4, -0.2) is 11.9 Å². The van der Waals surface area contributed by atoms with Gasteiger partial charge in [0.05, 0.1) is 5.97 Å². The van der Waals surface area contributed by atoms with Gasteiger partial charge in [-0.1, -0.05) is 35.9 Å². The molecular weight excluding hydrogens is 392 g/mol. The highest BCUT2D eigenvalue weighted by Crippen LogP contribution is 2.24. The van der Waals surface area contributed by atoms with E-state index in [1.807, 2.05) is 6.07 Å². The number of furan rings is 1. The van der Waals surface area contributed by atoms with Gasteiger partial charge < -0.3 is 19.6 Å². The molecule has 144 valence electrons. The molecule has 0 saturated carbocycles. The van der Waals surface area contributed by atoms with Crippen molar-refractivity contribution in [1.29, 1.82) is 5.26 Å². The van der Waals surface area contributed by atoms with Gasteiger partial charge in [0.25, 0.3) is 5.91 Å². The Morgan fingerprint density at radius 2 is 1.86 bits per heavy atom. The molecule has 0 atom stereocenters. The summed E-state index contributed by atoms with van der Waals surface area (Å²) >= 11 is 5.91. The maximum absolute atomic E-state index is 12.4. The third kappa shape index (κ3) is 4.72. The summed E-state index contributed by atoms with van der Waals surface area (Å²) in [7, 11) is 0. The van der Waals surface area contributed by atoms with Crippen LogP contribution in [-0.2, 0) is 4.79 Å². The first-order valence-electron chi connectivity index (χ1n) is 8.48. The number of amides is 1. The van der Waals surface area contributed by atoms with Crippen molar-refractivity contribution in [3.05, 3.63) is 82.1 Å². The number of nitriles is 1. The molecule has 0 radical (unpaired) electrons. The second-order valence-electron chi connectivity index (χ2n) is 6.15. The van der Waals surface area contributed by atoms with Crippen molar-refractivity contribution in [2.45, 2.75) is 6.92 Å². The maximum Gasteiger partial charge on any atom is 0.266 e. The summed E-state index contributed by atoms with van der Waals surface area (Å²) in [5.41, 5.74) is 1.89. The van der Waals surface area contributed by atoms with Gasteiger partial charge >= 0.3 is 0 Å². The SMILES string of the molecule is Cc1cc(Cl)ccc1NC(=O)/C(C#N)=C\c1ccc(-c2ccc(C(=O)[O-])cc2)o1. The van der Waals surface area contributed by atoms with Crippen LogP contribution in [0, 0.1) is 18.3 Å². The van der Waals surface area contributed by atoms with Gasteiger partial charge in [0.1, 0.15) is 23.2 Å². The predicted molar refractivity (Wildman–Crippen MR) is 107 cm³/mol. The summed E-state index contributed by atoms with van der Waals surface area (Å²) in [4.78, 5) is 23.2. The minimum atomic E-state index is -1.26. The number of carbonyl (C=O) groups excluding carboxylic acids is 2. The molecule has 0 aliphatic heterocycles. The number of aryl methyl sites for hydroxylation is 1. The number of hydrogen-bond donors (Lipinski definition) is 1. The van der Waals surface area contributed by atoms with E-state index >= 15 is 0 Å². The summed E-state index contributed by atoms with van der Waals surface area (Å²) in [5, 5.41) is 23.4. The molecule has 0 unspecified atom stereocenters. The van der Waals surface area contributed by atoms with E-state index in [0.717, 1.165) is 5.56 Å². The summed E-state index contributed by atoms with van der Waals surface area (Å²) in [6.07, 6.45) is 1.33. The molecule has 1 N–H and O–H groups in total. The number of hydrogen-bond acceptors (Lipinski definition) is 5. The number of anilines is 1.